The van der Waals surface area contributed by atoms with Gasteiger partial charge in [-0.2, -0.15) is 0 Å². The summed E-state index contributed by atoms with van der Waals surface area (Å²) in [6, 6.07) is 10.3. The maximum Gasteiger partial charge on any atom is 0.349 e. The van der Waals surface area contributed by atoms with Crippen LogP contribution in [0.3, 0.4) is 0 Å². The van der Waals surface area contributed by atoms with Crippen molar-refractivity contribution in [2.45, 2.75) is 32.3 Å². The van der Waals surface area contributed by atoms with Gasteiger partial charge < -0.3 is 4.74 Å². The molecule has 0 unspecified atom stereocenters. The second-order valence-corrected chi connectivity index (χ2v) is 6.91. The quantitative estimate of drug-likeness (QED) is 0.648. The van der Waals surface area contributed by atoms with Crippen LogP contribution in [0.15, 0.2) is 36.4 Å². The Bertz CT molecular complexity index is 779. The molecule has 6 nitrogen and oxygen atoms in total. The lowest BCUT2D eigenvalue weighted by molar-refractivity contribution is -0.129. The van der Waals surface area contributed by atoms with E-state index in [4.69, 9.17) is 4.74 Å². The minimum atomic E-state index is -1.01. The number of rotatable bonds is 4. The molecular weight excluding hydrogens is 340 g/mol. The molecule has 1 aliphatic carbocycles. The Morgan fingerprint density at radius 1 is 1.12 bits per heavy atom. The predicted octanol–water partition coefficient (Wildman–Crippen LogP) is 2.24. The summed E-state index contributed by atoms with van der Waals surface area (Å²) in [5.41, 5.74) is 6.18. The molecule has 0 spiro atoms. The summed E-state index contributed by atoms with van der Waals surface area (Å²) in [5.74, 6) is -1.56. The van der Waals surface area contributed by atoms with Crippen molar-refractivity contribution < 1.29 is 19.1 Å². The Kier molecular flexibility index (Phi) is 5.14. The minimum absolute atomic E-state index is 0.417. The number of nitrogens with one attached hydrogen (secondary N) is 2. The van der Waals surface area contributed by atoms with Gasteiger partial charge in [-0.3, -0.25) is 20.4 Å². The number of hydrogen-bond donors (Lipinski definition) is 2. The van der Waals surface area contributed by atoms with Gasteiger partial charge in [0.25, 0.3) is 11.8 Å². The standard InChI is InChI=1S/C18H18N2O4S/c1-11(16(21)19-20-17(22)12-6-3-2-4-7-12)24-18(23)15-10-13-8-5-9-14(13)25-15/h2-4,6-7,10-11H,5,8-9H2,1H3,(H,19,21)(H,20,22)/t11-/m1/s1. The molecule has 0 fully saturated rings. The molecule has 2 amide bonds. The number of carbonyl (C=O) groups excluding carboxylic acids is 3. The molecule has 1 aliphatic rings. The Balaban J connectivity index is 1.50. The number of ether oxygens (including phenoxy) is 1. The van der Waals surface area contributed by atoms with E-state index in [0.29, 0.717) is 10.4 Å². The van der Waals surface area contributed by atoms with E-state index in [1.54, 1.807) is 30.3 Å². The summed E-state index contributed by atoms with van der Waals surface area (Å²) < 4.78 is 5.18. The van der Waals surface area contributed by atoms with Crippen molar-refractivity contribution in [1.29, 1.82) is 0 Å². The van der Waals surface area contributed by atoms with Gasteiger partial charge in [-0.1, -0.05) is 18.2 Å². The molecule has 1 atom stereocenters. The molecule has 2 N–H and O–H groups in total. The molecule has 25 heavy (non-hydrogen) atoms. The SMILES string of the molecule is C[C@@H](OC(=O)c1cc2c(s1)CCC2)C(=O)NNC(=O)c1ccccc1. The zero-order chi connectivity index (χ0) is 17.8. The van der Waals surface area contributed by atoms with Crippen LogP contribution >= 0.6 is 11.3 Å². The fraction of sp³-hybridized carbons (Fsp3) is 0.278. The third kappa shape index (κ3) is 4.06. The van der Waals surface area contributed by atoms with Gasteiger partial charge in [0.05, 0.1) is 0 Å². The van der Waals surface area contributed by atoms with Crippen LogP contribution in [0.1, 0.15) is 43.8 Å². The molecule has 7 heteroatoms. The molecular formula is C18H18N2O4S. The van der Waals surface area contributed by atoms with Gasteiger partial charge in [-0.25, -0.2) is 4.79 Å². The van der Waals surface area contributed by atoms with Crippen molar-refractivity contribution in [2.24, 2.45) is 0 Å². The second kappa shape index (κ2) is 7.48. The third-order valence-electron chi connectivity index (χ3n) is 3.94. The summed E-state index contributed by atoms with van der Waals surface area (Å²) in [4.78, 5) is 37.7. The number of hydrazine groups is 1. The van der Waals surface area contributed by atoms with Crippen molar-refractivity contribution >= 4 is 29.1 Å². The number of amides is 2. The maximum atomic E-state index is 12.1. The van der Waals surface area contributed by atoms with Gasteiger partial charge in [-0.05, 0) is 49.9 Å². The zero-order valence-electron chi connectivity index (χ0n) is 13.7. The van der Waals surface area contributed by atoms with Crippen LogP contribution in [0, 0.1) is 0 Å². The number of benzene rings is 1. The molecule has 130 valence electrons. The average molecular weight is 358 g/mol. The van der Waals surface area contributed by atoms with E-state index in [1.807, 2.05) is 6.07 Å². The number of carbonyl (C=O) groups is 3. The second-order valence-electron chi connectivity index (χ2n) is 5.77. The molecule has 0 saturated carbocycles. The fourth-order valence-corrected chi connectivity index (χ4v) is 3.72. The molecule has 1 aromatic carbocycles. The highest BCUT2D eigenvalue weighted by Gasteiger charge is 2.23. The van der Waals surface area contributed by atoms with Gasteiger partial charge in [0.2, 0.25) is 0 Å². The smallest absolute Gasteiger partial charge is 0.349 e. The first kappa shape index (κ1) is 17.2. The average Bonchev–Trinajstić information content (AvgIpc) is 3.22. The molecule has 3 rings (SSSR count). The largest absolute Gasteiger partial charge is 0.448 e. The first-order valence-electron chi connectivity index (χ1n) is 8.02. The highest BCUT2D eigenvalue weighted by Crippen LogP contribution is 2.31. The molecule has 1 aromatic heterocycles. The molecule has 2 aromatic rings. The van der Waals surface area contributed by atoms with Gasteiger partial charge >= 0.3 is 5.97 Å². The molecule has 0 aliphatic heterocycles. The van der Waals surface area contributed by atoms with E-state index in [0.717, 1.165) is 19.3 Å². The Labute approximate surface area is 149 Å². The highest BCUT2D eigenvalue weighted by molar-refractivity contribution is 7.14. The van der Waals surface area contributed by atoms with Crippen molar-refractivity contribution in [1.82, 2.24) is 10.9 Å². The number of aryl methyl sites for hydroxylation is 2. The lowest BCUT2D eigenvalue weighted by Gasteiger charge is -2.13. The molecule has 0 bridgehead atoms. The fourth-order valence-electron chi connectivity index (χ4n) is 2.58. The summed E-state index contributed by atoms with van der Waals surface area (Å²) >= 11 is 1.42. The van der Waals surface area contributed by atoms with E-state index in [-0.39, 0.29) is 0 Å². The van der Waals surface area contributed by atoms with Crippen LogP contribution in [-0.2, 0) is 22.4 Å². The Morgan fingerprint density at radius 3 is 2.60 bits per heavy atom. The summed E-state index contributed by atoms with van der Waals surface area (Å²) in [7, 11) is 0. The van der Waals surface area contributed by atoms with Crippen LogP contribution in [0.5, 0.6) is 0 Å². The lowest BCUT2D eigenvalue weighted by atomic mass is 10.2. The number of esters is 1. The van der Waals surface area contributed by atoms with Crippen molar-refractivity contribution in [3.8, 4) is 0 Å². The Hall–Kier alpha value is -2.67. The summed E-state index contributed by atoms with van der Waals surface area (Å²) in [6.07, 6.45) is 2.09. The molecule has 0 radical (unpaired) electrons. The van der Waals surface area contributed by atoms with Crippen molar-refractivity contribution in [2.75, 3.05) is 0 Å². The minimum Gasteiger partial charge on any atom is -0.448 e. The molecule has 1 heterocycles. The molecule has 0 saturated heterocycles. The van der Waals surface area contributed by atoms with Crippen LogP contribution in [-0.4, -0.2) is 23.9 Å². The topological polar surface area (TPSA) is 84.5 Å². The van der Waals surface area contributed by atoms with Gasteiger partial charge in [-0.15, -0.1) is 11.3 Å². The van der Waals surface area contributed by atoms with E-state index < -0.39 is 23.9 Å². The van der Waals surface area contributed by atoms with Crippen molar-refractivity contribution in [3.05, 3.63) is 57.3 Å². The van der Waals surface area contributed by atoms with E-state index in [1.165, 1.54) is 28.7 Å². The van der Waals surface area contributed by atoms with Gasteiger partial charge in [0, 0.05) is 10.4 Å². The van der Waals surface area contributed by atoms with E-state index in [9.17, 15) is 14.4 Å². The van der Waals surface area contributed by atoms with Gasteiger partial charge in [0.15, 0.2) is 6.10 Å². The number of fused-ring (bicyclic) bond motifs is 1. The maximum absolute atomic E-state index is 12.1. The van der Waals surface area contributed by atoms with Crippen LogP contribution in [0.25, 0.3) is 0 Å². The van der Waals surface area contributed by atoms with Crippen LogP contribution in [0.4, 0.5) is 0 Å². The zero-order valence-corrected chi connectivity index (χ0v) is 14.5. The summed E-state index contributed by atoms with van der Waals surface area (Å²) in [5, 5.41) is 0. The lowest BCUT2D eigenvalue weighted by Crippen LogP contribution is -2.46. The third-order valence-corrected chi connectivity index (χ3v) is 5.15. The monoisotopic (exact) mass is 358 g/mol. The normalized spacial score (nSPS) is 13.6. The number of thiophene rings is 1. The van der Waals surface area contributed by atoms with E-state index >= 15 is 0 Å². The summed E-state index contributed by atoms with van der Waals surface area (Å²) in [6.45, 7) is 1.46. The predicted molar refractivity (Wildman–Crippen MR) is 93.3 cm³/mol. The van der Waals surface area contributed by atoms with Gasteiger partial charge in [0.1, 0.15) is 4.88 Å². The first-order chi connectivity index (χ1) is 12.0. The van der Waals surface area contributed by atoms with E-state index in [2.05, 4.69) is 10.9 Å². The highest BCUT2D eigenvalue weighted by atomic mass is 32.1. The Morgan fingerprint density at radius 2 is 1.88 bits per heavy atom. The number of hydrogen-bond acceptors (Lipinski definition) is 5. The van der Waals surface area contributed by atoms with Crippen LogP contribution < -0.4 is 10.9 Å². The van der Waals surface area contributed by atoms with Crippen LogP contribution in [0.2, 0.25) is 0 Å². The van der Waals surface area contributed by atoms with Crippen molar-refractivity contribution in [3.63, 3.8) is 0 Å². The first-order valence-corrected chi connectivity index (χ1v) is 8.84.